The average Bonchev–Trinajstić information content (AvgIpc) is 2.36. The molecule has 2 saturated carbocycles. The molecule has 0 N–H and O–H groups in total. The molecule has 0 spiro atoms. The first kappa shape index (κ1) is 6.69. The normalized spacial score (nSPS) is 57.9. The van der Waals surface area contributed by atoms with Gasteiger partial charge in [-0.05, 0) is 35.5 Å². The van der Waals surface area contributed by atoms with Gasteiger partial charge in [0, 0.05) is 0 Å². The highest BCUT2D eigenvalue weighted by molar-refractivity contribution is 5.17. The van der Waals surface area contributed by atoms with Gasteiger partial charge in [-0.3, -0.25) is 0 Å². The lowest BCUT2D eigenvalue weighted by Gasteiger charge is -2.43. The molecule has 2 aliphatic carbocycles. The zero-order chi connectivity index (χ0) is 7.52. The molecule has 0 aromatic rings. The largest absolute Gasteiger partial charge is 0.0625 e. The fraction of sp³-hybridized carbons (Fsp3) is 1.00. The van der Waals surface area contributed by atoms with Crippen LogP contribution in [-0.2, 0) is 0 Å². The van der Waals surface area contributed by atoms with E-state index >= 15 is 0 Å². The number of fused-ring (bicyclic) bond motifs is 1. The van der Waals surface area contributed by atoms with Crippen molar-refractivity contribution in [3.05, 3.63) is 0 Å². The van der Waals surface area contributed by atoms with Crippen LogP contribution in [0.2, 0.25) is 0 Å². The van der Waals surface area contributed by atoms with Crippen LogP contribution in [0.25, 0.3) is 0 Å². The van der Waals surface area contributed by atoms with E-state index in [2.05, 4.69) is 27.7 Å². The molecule has 0 aromatic heterocycles. The van der Waals surface area contributed by atoms with E-state index in [0.717, 1.165) is 29.1 Å². The smallest absolute Gasteiger partial charge is 0.0258 e. The first-order valence-corrected chi connectivity index (χ1v) is 4.57. The summed E-state index contributed by atoms with van der Waals surface area (Å²) in [6, 6.07) is 0. The Kier molecular flexibility index (Phi) is 1.07. The van der Waals surface area contributed by atoms with Crippen molar-refractivity contribution in [1.29, 1.82) is 0 Å². The van der Waals surface area contributed by atoms with Gasteiger partial charge in [0.15, 0.2) is 0 Å². The SMILES string of the molecule is CC(C)C1C(C)C2CC21C. The molecule has 58 valence electrons. The van der Waals surface area contributed by atoms with Gasteiger partial charge in [-0.1, -0.05) is 27.7 Å². The van der Waals surface area contributed by atoms with Crippen LogP contribution in [-0.4, -0.2) is 0 Å². The van der Waals surface area contributed by atoms with E-state index in [-0.39, 0.29) is 0 Å². The van der Waals surface area contributed by atoms with E-state index in [9.17, 15) is 0 Å². The maximum absolute atomic E-state index is 2.47. The summed E-state index contributed by atoms with van der Waals surface area (Å²) in [7, 11) is 0. The molecule has 2 fully saturated rings. The van der Waals surface area contributed by atoms with Crippen LogP contribution in [0.15, 0.2) is 0 Å². The summed E-state index contributed by atoms with van der Waals surface area (Å²) in [4.78, 5) is 0. The summed E-state index contributed by atoms with van der Waals surface area (Å²) in [5.41, 5.74) is 0.799. The van der Waals surface area contributed by atoms with E-state index in [1.165, 1.54) is 6.42 Å². The van der Waals surface area contributed by atoms with Gasteiger partial charge in [0.25, 0.3) is 0 Å². The Labute approximate surface area is 64.0 Å². The van der Waals surface area contributed by atoms with Crippen molar-refractivity contribution in [1.82, 2.24) is 0 Å². The van der Waals surface area contributed by atoms with Crippen LogP contribution in [0.3, 0.4) is 0 Å². The fourth-order valence-corrected chi connectivity index (χ4v) is 3.69. The molecule has 0 radical (unpaired) electrons. The molecule has 4 atom stereocenters. The molecule has 0 nitrogen and oxygen atoms in total. The summed E-state index contributed by atoms with van der Waals surface area (Å²) in [5.74, 6) is 4.10. The second kappa shape index (κ2) is 1.60. The third kappa shape index (κ3) is 0.538. The maximum Gasteiger partial charge on any atom is -0.0258 e. The van der Waals surface area contributed by atoms with Gasteiger partial charge >= 0.3 is 0 Å². The minimum atomic E-state index is 0.799. The van der Waals surface area contributed by atoms with E-state index in [4.69, 9.17) is 0 Å². The van der Waals surface area contributed by atoms with E-state index in [1.807, 2.05) is 0 Å². The van der Waals surface area contributed by atoms with Crippen molar-refractivity contribution in [3.63, 3.8) is 0 Å². The molecule has 0 amide bonds. The maximum atomic E-state index is 2.47. The summed E-state index contributed by atoms with van der Waals surface area (Å²) in [5, 5.41) is 0. The predicted octanol–water partition coefficient (Wildman–Crippen LogP) is 2.93. The molecule has 2 aliphatic rings. The molecule has 0 aromatic carbocycles. The standard InChI is InChI=1S/C10H18/c1-6(2)9-7(3)8-5-10(8,9)4/h6-9H,5H2,1-4H3. The van der Waals surface area contributed by atoms with Crippen molar-refractivity contribution in [2.75, 3.05) is 0 Å². The Balaban J connectivity index is 2.10. The molecule has 4 unspecified atom stereocenters. The molecule has 0 heteroatoms. The Hall–Kier alpha value is 0. The Morgan fingerprint density at radius 2 is 2.00 bits per heavy atom. The molecular weight excluding hydrogens is 120 g/mol. The summed E-state index contributed by atoms with van der Waals surface area (Å²) < 4.78 is 0. The molecule has 2 rings (SSSR count). The van der Waals surface area contributed by atoms with Crippen LogP contribution in [0.4, 0.5) is 0 Å². The predicted molar refractivity (Wildman–Crippen MR) is 43.7 cm³/mol. The topological polar surface area (TPSA) is 0 Å². The lowest BCUT2D eigenvalue weighted by Crippen LogP contribution is -2.38. The van der Waals surface area contributed by atoms with E-state index in [0.29, 0.717) is 0 Å². The van der Waals surface area contributed by atoms with Crippen LogP contribution in [0, 0.1) is 29.1 Å². The third-order valence-electron chi connectivity index (χ3n) is 4.03. The molecule has 10 heavy (non-hydrogen) atoms. The van der Waals surface area contributed by atoms with Gasteiger partial charge in [-0.25, -0.2) is 0 Å². The van der Waals surface area contributed by atoms with Crippen molar-refractivity contribution >= 4 is 0 Å². The first-order chi connectivity index (χ1) is 4.57. The summed E-state index contributed by atoms with van der Waals surface area (Å²) in [6.45, 7) is 9.66. The number of hydrogen-bond donors (Lipinski definition) is 0. The highest BCUT2D eigenvalue weighted by atomic mass is 14.7. The van der Waals surface area contributed by atoms with Gasteiger partial charge in [0.1, 0.15) is 0 Å². The van der Waals surface area contributed by atoms with Crippen molar-refractivity contribution in [2.45, 2.75) is 34.1 Å². The van der Waals surface area contributed by atoms with Crippen molar-refractivity contribution < 1.29 is 0 Å². The minimum Gasteiger partial charge on any atom is -0.0625 e. The molecule has 0 aliphatic heterocycles. The van der Waals surface area contributed by atoms with E-state index in [1.54, 1.807) is 0 Å². The summed E-state index contributed by atoms with van der Waals surface area (Å²) in [6.07, 6.45) is 1.52. The van der Waals surface area contributed by atoms with Crippen LogP contribution in [0.1, 0.15) is 34.1 Å². The third-order valence-corrected chi connectivity index (χ3v) is 4.03. The monoisotopic (exact) mass is 138 g/mol. The van der Waals surface area contributed by atoms with Gasteiger partial charge in [-0.15, -0.1) is 0 Å². The number of hydrogen-bond acceptors (Lipinski definition) is 0. The fourth-order valence-electron chi connectivity index (χ4n) is 3.69. The Bertz CT molecular complexity index is 159. The van der Waals surface area contributed by atoms with Crippen LogP contribution >= 0.6 is 0 Å². The zero-order valence-corrected chi connectivity index (χ0v) is 7.52. The number of rotatable bonds is 1. The Morgan fingerprint density at radius 3 is 2.20 bits per heavy atom. The molecule has 0 bridgehead atoms. The van der Waals surface area contributed by atoms with Gasteiger partial charge in [-0.2, -0.15) is 0 Å². The van der Waals surface area contributed by atoms with Gasteiger partial charge < -0.3 is 0 Å². The first-order valence-electron chi connectivity index (χ1n) is 4.57. The average molecular weight is 138 g/mol. The van der Waals surface area contributed by atoms with E-state index < -0.39 is 0 Å². The molecule has 0 heterocycles. The highest BCUT2D eigenvalue weighted by Gasteiger charge is 2.68. The van der Waals surface area contributed by atoms with Crippen molar-refractivity contribution in [2.24, 2.45) is 29.1 Å². The van der Waals surface area contributed by atoms with Crippen molar-refractivity contribution in [3.8, 4) is 0 Å². The van der Waals surface area contributed by atoms with Gasteiger partial charge in [0.2, 0.25) is 0 Å². The highest BCUT2D eigenvalue weighted by Crippen LogP contribution is 2.75. The van der Waals surface area contributed by atoms with Gasteiger partial charge in [0.05, 0.1) is 0 Å². The second-order valence-corrected chi connectivity index (χ2v) is 4.95. The lowest BCUT2D eigenvalue weighted by atomic mass is 9.62. The minimum absolute atomic E-state index is 0.799. The molecular formula is C10H18. The van der Waals surface area contributed by atoms with Crippen LogP contribution in [0.5, 0.6) is 0 Å². The quantitative estimate of drug-likeness (QED) is 0.522. The summed E-state index contributed by atoms with van der Waals surface area (Å²) >= 11 is 0. The Morgan fingerprint density at radius 1 is 1.40 bits per heavy atom. The second-order valence-electron chi connectivity index (χ2n) is 4.95. The molecule has 0 saturated heterocycles. The lowest BCUT2D eigenvalue weighted by molar-refractivity contribution is 0.0446. The van der Waals surface area contributed by atoms with Crippen LogP contribution < -0.4 is 0 Å². The zero-order valence-electron chi connectivity index (χ0n) is 7.52.